The van der Waals surface area contributed by atoms with Crippen molar-refractivity contribution in [2.45, 2.75) is 25.4 Å². The van der Waals surface area contributed by atoms with E-state index in [9.17, 15) is 0 Å². The molecule has 2 N–H and O–H groups in total. The minimum absolute atomic E-state index is 0.304. The second kappa shape index (κ2) is 7.75. The molecule has 30 heavy (non-hydrogen) atoms. The standard InChI is InChI=1S/C21H24N8O/c1-27(14-16-6-3-9-28(16)13-15-5-2-8-23-12-15)18-11-19-24-20(17-7-4-10-30-17)26-29(19)21(22)25-18/h2,4-5,7-8,10-12,16H,3,6,9,13-14H2,1H3,(H2,22,25). The van der Waals surface area contributed by atoms with Crippen molar-refractivity contribution in [2.75, 3.05) is 30.8 Å². The predicted octanol–water partition coefficient (Wildman–Crippen LogP) is 2.46. The third kappa shape index (κ3) is 3.59. The fourth-order valence-electron chi connectivity index (χ4n) is 4.05. The van der Waals surface area contributed by atoms with Crippen LogP contribution >= 0.6 is 0 Å². The van der Waals surface area contributed by atoms with Crippen LogP contribution in [0.2, 0.25) is 0 Å². The zero-order valence-electron chi connectivity index (χ0n) is 16.8. The molecule has 0 radical (unpaired) electrons. The van der Waals surface area contributed by atoms with Gasteiger partial charge in [-0.25, -0.2) is 4.98 Å². The largest absolute Gasteiger partial charge is 0.461 e. The van der Waals surface area contributed by atoms with E-state index in [2.05, 4.69) is 35.9 Å². The molecule has 0 aliphatic carbocycles. The van der Waals surface area contributed by atoms with Crippen molar-refractivity contribution in [3.8, 4) is 11.6 Å². The quantitative estimate of drug-likeness (QED) is 0.523. The Labute approximate surface area is 174 Å². The number of anilines is 2. The maximum atomic E-state index is 6.17. The number of hydrogen-bond acceptors (Lipinski definition) is 8. The first kappa shape index (κ1) is 18.6. The Hall–Kier alpha value is -3.46. The molecule has 4 aromatic heterocycles. The van der Waals surface area contributed by atoms with E-state index in [1.807, 2.05) is 37.6 Å². The van der Waals surface area contributed by atoms with E-state index in [0.717, 1.165) is 31.9 Å². The maximum Gasteiger partial charge on any atom is 0.225 e. The van der Waals surface area contributed by atoms with Gasteiger partial charge in [0.1, 0.15) is 5.82 Å². The van der Waals surface area contributed by atoms with Crippen LogP contribution in [-0.4, -0.2) is 55.6 Å². The number of nitrogens with two attached hydrogens (primary N) is 1. The van der Waals surface area contributed by atoms with Crippen LogP contribution in [0.15, 0.2) is 53.4 Å². The Morgan fingerprint density at radius 3 is 3.00 bits per heavy atom. The Kier molecular flexibility index (Phi) is 4.80. The lowest BCUT2D eigenvalue weighted by Crippen LogP contribution is -2.39. The molecule has 4 aromatic rings. The molecule has 0 aromatic carbocycles. The Bertz CT molecular complexity index is 1120. The summed E-state index contributed by atoms with van der Waals surface area (Å²) in [6.45, 7) is 2.87. The van der Waals surface area contributed by atoms with Crippen molar-refractivity contribution < 1.29 is 4.42 Å². The topological polar surface area (TPSA) is 102 Å². The summed E-state index contributed by atoms with van der Waals surface area (Å²) < 4.78 is 6.94. The molecule has 5 rings (SSSR count). The zero-order valence-corrected chi connectivity index (χ0v) is 16.8. The second-order valence-electron chi connectivity index (χ2n) is 7.66. The van der Waals surface area contributed by atoms with Gasteiger partial charge < -0.3 is 15.1 Å². The molecule has 1 unspecified atom stereocenters. The molecule has 1 saturated heterocycles. The predicted molar refractivity (Wildman–Crippen MR) is 114 cm³/mol. The molecule has 0 bridgehead atoms. The number of hydrogen-bond donors (Lipinski definition) is 1. The van der Waals surface area contributed by atoms with Crippen molar-refractivity contribution in [1.29, 1.82) is 0 Å². The van der Waals surface area contributed by atoms with E-state index >= 15 is 0 Å². The van der Waals surface area contributed by atoms with E-state index in [-0.39, 0.29) is 0 Å². The van der Waals surface area contributed by atoms with Gasteiger partial charge in [-0.3, -0.25) is 9.88 Å². The highest BCUT2D eigenvalue weighted by Crippen LogP contribution is 2.24. The van der Waals surface area contributed by atoms with Crippen molar-refractivity contribution >= 4 is 17.4 Å². The molecule has 1 aliphatic heterocycles. The first-order chi connectivity index (χ1) is 14.7. The summed E-state index contributed by atoms with van der Waals surface area (Å²) in [6, 6.07) is 10.1. The lowest BCUT2D eigenvalue weighted by Gasteiger charge is -2.29. The van der Waals surface area contributed by atoms with Crippen LogP contribution in [0.5, 0.6) is 0 Å². The number of fused-ring (bicyclic) bond motifs is 1. The molecule has 0 saturated carbocycles. The van der Waals surface area contributed by atoms with Gasteiger partial charge in [-0.05, 0) is 43.1 Å². The highest BCUT2D eigenvalue weighted by atomic mass is 16.3. The molecule has 154 valence electrons. The van der Waals surface area contributed by atoms with Gasteiger partial charge in [0.05, 0.1) is 6.26 Å². The van der Waals surface area contributed by atoms with E-state index in [0.29, 0.717) is 29.2 Å². The molecule has 9 nitrogen and oxygen atoms in total. The van der Waals surface area contributed by atoms with Gasteiger partial charge in [0.25, 0.3) is 0 Å². The molecular weight excluding hydrogens is 380 g/mol. The Morgan fingerprint density at radius 2 is 2.20 bits per heavy atom. The van der Waals surface area contributed by atoms with Crippen molar-refractivity contribution in [2.24, 2.45) is 0 Å². The normalized spacial score (nSPS) is 17.0. The number of likely N-dealkylation sites (tertiary alicyclic amines) is 1. The van der Waals surface area contributed by atoms with Crippen LogP contribution in [0.4, 0.5) is 11.8 Å². The first-order valence-corrected chi connectivity index (χ1v) is 10.1. The average molecular weight is 404 g/mol. The van der Waals surface area contributed by atoms with E-state index in [1.165, 1.54) is 12.0 Å². The maximum absolute atomic E-state index is 6.17. The van der Waals surface area contributed by atoms with Crippen LogP contribution < -0.4 is 10.6 Å². The smallest absolute Gasteiger partial charge is 0.225 e. The molecule has 0 spiro atoms. The van der Waals surface area contributed by atoms with Gasteiger partial charge in [0.2, 0.25) is 11.8 Å². The summed E-state index contributed by atoms with van der Waals surface area (Å²) in [4.78, 5) is 18.0. The summed E-state index contributed by atoms with van der Waals surface area (Å²) in [5.74, 6) is 2.18. The number of nitrogens with zero attached hydrogens (tertiary/aromatic N) is 7. The van der Waals surface area contributed by atoms with Gasteiger partial charge >= 0.3 is 0 Å². The summed E-state index contributed by atoms with van der Waals surface area (Å²) in [6.07, 6.45) is 7.71. The Balaban J connectivity index is 1.34. The van der Waals surface area contributed by atoms with Crippen molar-refractivity contribution in [3.63, 3.8) is 0 Å². The van der Waals surface area contributed by atoms with E-state index < -0.39 is 0 Å². The average Bonchev–Trinajstić information content (AvgIpc) is 3.49. The van der Waals surface area contributed by atoms with Gasteiger partial charge in [-0.2, -0.15) is 9.50 Å². The van der Waals surface area contributed by atoms with Gasteiger partial charge in [-0.1, -0.05) is 6.07 Å². The van der Waals surface area contributed by atoms with Gasteiger partial charge in [0, 0.05) is 44.6 Å². The molecule has 1 atom stereocenters. The van der Waals surface area contributed by atoms with Crippen LogP contribution in [0.3, 0.4) is 0 Å². The highest BCUT2D eigenvalue weighted by Gasteiger charge is 2.26. The highest BCUT2D eigenvalue weighted by molar-refractivity contribution is 5.59. The number of pyridine rings is 1. The van der Waals surface area contributed by atoms with Crippen molar-refractivity contribution in [1.82, 2.24) is 29.5 Å². The number of aromatic nitrogens is 5. The fraction of sp³-hybridized carbons (Fsp3) is 0.333. The molecule has 0 amide bonds. The second-order valence-corrected chi connectivity index (χ2v) is 7.66. The molecule has 9 heteroatoms. The zero-order chi connectivity index (χ0) is 20.5. The lowest BCUT2D eigenvalue weighted by atomic mass is 10.2. The summed E-state index contributed by atoms with van der Waals surface area (Å²) >= 11 is 0. The molecular formula is C21H24N8O. The summed E-state index contributed by atoms with van der Waals surface area (Å²) in [7, 11) is 2.04. The molecule has 1 aliphatic rings. The summed E-state index contributed by atoms with van der Waals surface area (Å²) in [5, 5.41) is 4.41. The fourth-order valence-corrected chi connectivity index (χ4v) is 4.05. The van der Waals surface area contributed by atoms with Crippen LogP contribution in [-0.2, 0) is 6.54 Å². The third-order valence-corrected chi connectivity index (χ3v) is 5.56. The SMILES string of the molecule is CN(CC1CCCN1Cc1cccnc1)c1cc2nc(-c3ccco3)nn2c(N)n1. The number of rotatable bonds is 6. The summed E-state index contributed by atoms with van der Waals surface area (Å²) in [5.41, 5.74) is 8.06. The van der Waals surface area contributed by atoms with Crippen LogP contribution in [0.1, 0.15) is 18.4 Å². The number of nitrogen functional groups attached to an aromatic ring is 1. The van der Waals surface area contributed by atoms with E-state index in [4.69, 9.17) is 10.2 Å². The van der Waals surface area contributed by atoms with Crippen molar-refractivity contribution in [3.05, 3.63) is 54.6 Å². The Morgan fingerprint density at radius 1 is 1.27 bits per heavy atom. The monoisotopic (exact) mass is 404 g/mol. The minimum Gasteiger partial charge on any atom is -0.461 e. The van der Waals surface area contributed by atoms with Crippen LogP contribution in [0.25, 0.3) is 17.2 Å². The van der Waals surface area contributed by atoms with E-state index in [1.54, 1.807) is 16.8 Å². The molecule has 5 heterocycles. The van der Waals surface area contributed by atoms with Gasteiger partial charge in [-0.15, -0.1) is 5.10 Å². The lowest BCUT2D eigenvalue weighted by molar-refractivity contribution is 0.248. The third-order valence-electron chi connectivity index (χ3n) is 5.56. The van der Waals surface area contributed by atoms with Gasteiger partial charge in [0.15, 0.2) is 11.4 Å². The number of furan rings is 1. The number of likely N-dealkylation sites (N-methyl/N-ethyl adjacent to an activating group) is 1. The van der Waals surface area contributed by atoms with Crippen LogP contribution in [0, 0.1) is 0 Å². The molecule has 1 fully saturated rings. The minimum atomic E-state index is 0.304. The first-order valence-electron chi connectivity index (χ1n) is 10.1.